The van der Waals surface area contributed by atoms with Crippen LogP contribution in [0, 0.1) is 6.92 Å². The number of aryl methyl sites for hydroxylation is 1. The highest BCUT2D eigenvalue weighted by Gasteiger charge is 2.11. The molecule has 0 aliphatic heterocycles. The van der Waals surface area contributed by atoms with Crippen LogP contribution in [0.15, 0.2) is 42.5 Å². The van der Waals surface area contributed by atoms with Gasteiger partial charge >= 0.3 is 0 Å². The number of nitrogens with zero attached hydrogens (tertiary/aromatic N) is 4. The molecule has 3 aromatic rings. The number of H-pyrrole nitrogens is 1. The molecule has 7 heteroatoms. The summed E-state index contributed by atoms with van der Waals surface area (Å²) in [5.41, 5.74) is 3.22. The normalized spacial score (nSPS) is 10.5. The second-order valence-electron chi connectivity index (χ2n) is 5.48. The Morgan fingerprint density at radius 1 is 1.08 bits per heavy atom. The Hall–Kier alpha value is -3.09. The Morgan fingerprint density at radius 3 is 2.64 bits per heavy atom. The van der Waals surface area contributed by atoms with Crippen LogP contribution < -0.4 is 9.47 Å². The third-order valence-electron chi connectivity index (χ3n) is 3.59. The number of benzene rings is 2. The van der Waals surface area contributed by atoms with Crippen LogP contribution in [0.25, 0.3) is 5.32 Å². The number of hydrogen-bond donors (Lipinski definition) is 1. The third-order valence-corrected chi connectivity index (χ3v) is 3.59. The molecule has 0 aliphatic carbocycles. The minimum atomic E-state index is 0.311. The summed E-state index contributed by atoms with van der Waals surface area (Å²) in [6, 6.07) is 14.0. The van der Waals surface area contributed by atoms with Gasteiger partial charge in [0.2, 0.25) is 0 Å². The van der Waals surface area contributed by atoms with Crippen LogP contribution in [-0.2, 0) is 13.2 Å². The van der Waals surface area contributed by atoms with Gasteiger partial charge in [0, 0.05) is 12.1 Å². The quantitative estimate of drug-likeness (QED) is 0.677. The Labute approximate surface area is 146 Å². The topological polar surface area (TPSA) is 87.0 Å². The molecular formula is C18H20N5O2-. The van der Waals surface area contributed by atoms with Crippen molar-refractivity contribution in [2.45, 2.75) is 27.0 Å². The molecular weight excluding hydrogens is 318 g/mol. The van der Waals surface area contributed by atoms with Crippen molar-refractivity contribution in [3.05, 3.63) is 64.5 Å². The fourth-order valence-electron chi connectivity index (χ4n) is 2.34. The van der Waals surface area contributed by atoms with E-state index in [1.165, 1.54) is 5.56 Å². The van der Waals surface area contributed by atoms with Gasteiger partial charge in [-0.2, -0.15) is 0 Å². The maximum absolute atomic E-state index is 6.07. The number of ether oxygens (including phenoxy) is 2. The molecule has 0 spiro atoms. The summed E-state index contributed by atoms with van der Waals surface area (Å²) in [6.07, 6.45) is 0. The summed E-state index contributed by atoms with van der Waals surface area (Å²) in [5.74, 6) is 1.71. The number of nitrogens with one attached hydrogen (secondary N) is 1. The summed E-state index contributed by atoms with van der Waals surface area (Å²) in [4.78, 5) is 0. The zero-order valence-corrected chi connectivity index (χ0v) is 14.3. The molecule has 0 atom stereocenters. The standard InChI is InChI=1S/C18H20N5O2/c1-3-24-16-6-4-5-15(11-19-18-20-22-23-21-18)17(16)25-12-14-9-7-13(2)8-10-14/h4-10H,3,11-12H2,1-2H3,(H-,19,20,21,22,23)/q-1. The summed E-state index contributed by atoms with van der Waals surface area (Å²) in [7, 11) is 0. The maximum atomic E-state index is 6.07. The van der Waals surface area contributed by atoms with Crippen LogP contribution in [0.4, 0.5) is 5.95 Å². The monoisotopic (exact) mass is 338 g/mol. The lowest BCUT2D eigenvalue weighted by atomic mass is 10.1. The molecule has 3 rings (SSSR count). The van der Waals surface area contributed by atoms with Crippen LogP contribution >= 0.6 is 0 Å². The Kier molecular flexibility index (Phi) is 5.46. The van der Waals surface area contributed by atoms with E-state index in [1.807, 2.05) is 25.1 Å². The van der Waals surface area contributed by atoms with Gasteiger partial charge in [-0.05, 0) is 25.5 Å². The van der Waals surface area contributed by atoms with Crippen molar-refractivity contribution in [3.8, 4) is 11.5 Å². The van der Waals surface area contributed by atoms with Crippen LogP contribution in [0.2, 0.25) is 0 Å². The largest absolute Gasteiger partial charge is 0.490 e. The average Bonchev–Trinajstić information content (AvgIpc) is 3.14. The molecule has 2 aromatic carbocycles. The molecule has 130 valence electrons. The highest BCUT2D eigenvalue weighted by atomic mass is 16.5. The third kappa shape index (κ3) is 4.47. The van der Waals surface area contributed by atoms with Crippen LogP contribution in [0.1, 0.15) is 23.6 Å². The smallest absolute Gasteiger partial charge is 0.165 e. The molecule has 1 heterocycles. The second-order valence-corrected chi connectivity index (χ2v) is 5.48. The number of aromatic nitrogens is 4. The molecule has 0 saturated heterocycles. The zero-order chi connectivity index (χ0) is 17.5. The van der Waals surface area contributed by atoms with Crippen molar-refractivity contribution in [2.75, 3.05) is 6.61 Å². The van der Waals surface area contributed by atoms with Gasteiger partial charge in [0.05, 0.1) is 12.6 Å². The summed E-state index contributed by atoms with van der Waals surface area (Å²) in [6.45, 7) is 5.41. The first-order valence-electron chi connectivity index (χ1n) is 8.10. The van der Waals surface area contributed by atoms with Gasteiger partial charge in [0.1, 0.15) is 6.61 Å². The van der Waals surface area contributed by atoms with Gasteiger partial charge in [-0.15, -0.1) is 5.21 Å². The molecule has 0 radical (unpaired) electrons. The fourth-order valence-corrected chi connectivity index (χ4v) is 2.34. The Balaban J connectivity index is 1.76. The Morgan fingerprint density at radius 2 is 1.92 bits per heavy atom. The molecule has 0 aliphatic rings. The van der Waals surface area contributed by atoms with Crippen molar-refractivity contribution in [1.82, 2.24) is 20.6 Å². The van der Waals surface area contributed by atoms with Crippen molar-refractivity contribution >= 4 is 5.95 Å². The van der Waals surface area contributed by atoms with E-state index in [-0.39, 0.29) is 0 Å². The minimum absolute atomic E-state index is 0.311. The first-order chi connectivity index (χ1) is 12.3. The molecule has 7 nitrogen and oxygen atoms in total. The number of tetrazole rings is 1. The van der Waals surface area contributed by atoms with E-state index >= 15 is 0 Å². The average molecular weight is 338 g/mol. The fraction of sp³-hybridized carbons (Fsp3) is 0.278. The Bertz CT molecular complexity index is 788. The minimum Gasteiger partial charge on any atom is -0.490 e. The number of para-hydroxylation sites is 1. The van der Waals surface area contributed by atoms with Crippen molar-refractivity contribution < 1.29 is 9.47 Å². The van der Waals surface area contributed by atoms with E-state index in [9.17, 15) is 0 Å². The molecule has 0 amide bonds. The number of aromatic amines is 1. The van der Waals surface area contributed by atoms with Gasteiger partial charge < -0.3 is 14.8 Å². The van der Waals surface area contributed by atoms with Gasteiger partial charge in [0.25, 0.3) is 0 Å². The van der Waals surface area contributed by atoms with Crippen molar-refractivity contribution in [2.24, 2.45) is 0 Å². The molecule has 0 fully saturated rings. The number of rotatable bonds is 8. The lowest BCUT2D eigenvalue weighted by molar-refractivity contribution is 0.267. The van der Waals surface area contributed by atoms with Crippen LogP contribution in [0.5, 0.6) is 11.5 Å². The lowest BCUT2D eigenvalue weighted by Crippen LogP contribution is -2.02. The van der Waals surface area contributed by atoms with E-state index < -0.39 is 0 Å². The van der Waals surface area contributed by atoms with Gasteiger partial charge in [-0.1, -0.05) is 42.0 Å². The highest BCUT2D eigenvalue weighted by molar-refractivity contribution is 5.49. The molecule has 0 saturated carbocycles. The number of hydrogen-bond acceptors (Lipinski definition) is 5. The van der Waals surface area contributed by atoms with Crippen LogP contribution in [0.3, 0.4) is 0 Å². The van der Waals surface area contributed by atoms with Crippen LogP contribution in [-0.4, -0.2) is 27.2 Å². The van der Waals surface area contributed by atoms with E-state index in [1.54, 1.807) is 0 Å². The predicted octanol–water partition coefficient (Wildman–Crippen LogP) is 3.69. The summed E-state index contributed by atoms with van der Waals surface area (Å²) < 4.78 is 11.8. The zero-order valence-electron chi connectivity index (χ0n) is 14.3. The lowest BCUT2D eigenvalue weighted by Gasteiger charge is -2.17. The molecule has 0 bridgehead atoms. The van der Waals surface area contributed by atoms with Gasteiger partial charge in [-0.3, -0.25) is 15.4 Å². The highest BCUT2D eigenvalue weighted by Crippen LogP contribution is 2.34. The van der Waals surface area contributed by atoms with Crippen molar-refractivity contribution in [3.63, 3.8) is 0 Å². The SMILES string of the molecule is CCOc1cccc(C[N-]c2nn[nH]n2)c1OCc1ccc(C)cc1. The van der Waals surface area contributed by atoms with Crippen molar-refractivity contribution in [1.29, 1.82) is 0 Å². The first kappa shape index (κ1) is 16.8. The molecule has 1 aromatic heterocycles. The second kappa shape index (κ2) is 8.14. The molecule has 0 unspecified atom stereocenters. The predicted molar refractivity (Wildman–Crippen MR) is 94.0 cm³/mol. The van der Waals surface area contributed by atoms with E-state index in [0.717, 1.165) is 11.1 Å². The van der Waals surface area contributed by atoms with Gasteiger partial charge in [-0.25, -0.2) is 0 Å². The first-order valence-corrected chi connectivity index (χ1v) is 8.10. The van der Waals surface area contributed by atoms with E-state index in [2.05, 4.69) is 57.1 Å². The summed E-state index contributed by atoms with van der Waals surface area (Å²) in [5, 5.41) is 17.9. The summed E-state index contributed by atoms with van der Waals surface area (Å²) >= 11 is 0. The van der Waals surface area contributed by atoms with E-state index in [4.69, 9.17) is 9.47 Å². The van der Waals surface area contributed by atoms with E-state index in [0.29, 0.717) is 37.2 Å². The molecule has 1 N–H and O–H groups in total. The molecule has 25 heavy (non-hydrogen) atoms. The van der Waals surface area contributed by atoms with Gasteiger partial charge in [0.15, 0.2) is 11.5 Å². The maximum Gasteiger partial charge on any atom is 0.165 e.